The molecule has 1 aliphatic carbocycles. The Kier molecular flexibility index (Phi) is 2.63. The lowest BCUT2D eigenvalue weighted by Gasteiger charge is -2.15. The normalized spacial score (nSPS) is 25.2. The Bertz CT molecular complexity index is 691. The van der Waals surface area contributed by atoms with Gasteiger partial charge >= 0.3 is 0 Å². The molecule has 0 aromatic heterocycles. The summed E-state index contributed by atoms with van der Waals surface area (Å²) >= 11 is 0. The van der Waals surface area contributed by atoms with Crippen LogP contribution in [0, 0.1) is 0 Å². The van der Waals surface area contributed by atoms with Crippen LogP contribution in [0.3, 0.4) is 0 Å². The Morgan fingerprint density at radius 3 is 2.90 bits per heavy atom. The fourth-order valence-corrected chi connectivity index (χ4v) is 3.05. The van der Waals surface area contributed by atoms with Crippen molar-refractivity contribution in [3.63, 3.8) is 0 Å². The van der Waals surface area contributed by atoms with Crippen molar-refractivity contribution < 1.29 is 24.2 Å². The summed E-state index contributed by atoms with van der Waals surface area (Å²) < 4.78 is 16.2. The first-order valence-electron chi connectivity index (χ1n) is 6.83. The second-order valence-electron chi connectivity index (χ2n) is 5.20. The summed E-state index contributed by atoms with van der Waals surface area (Å²) in [4.78, 5) is 12.2. The molecule has 0 fully saturated rings. The van der Waals surface area contributed by atoms with E-state index in [0.717, 1.165) is 12.0 Å². The van der Waals surface area contributed by atoms with Crippen LogP contribution in [-0.2, 0) is 9.53 Å². The molecule has 21 heavy (non-hydrogen) atoms. The molecule has 4 rings (SSSR count). The summed E-state index contributed by atoms with van der Waals surface area (Å²) in [5, 5.41) is 12.4. The molecule has 0 saturated heterocycles. The number of nitrogens with zero attached hydrogens (tertiary/aromatic N) is 1. The molecule has 1 aromatic carbocycles. The number of hydrogen-bond donors (Lipinski definition) is 1. The van der Waals surface area contributed by atoms with E-state index in [4.69, 9.17) is 14.2 Å². The number of hydrogen-bond acceptors (Lipinski definition) is 6. The second-order valence-corrected chi connectivity index (χ2v) is 5.20. The standard InChI is InChI=1S/C15H13NO5/c17-9-2-1-3-11-14(9)13(15(16-18)21-11)8-4-5-10-12(6-8)20-7-19-10/h4-6,13,18H,1-3,7H2/b16-15+. The van der Waals surface area contributed by atoms with E-state index in [-0.39, 0.29) is 18.5 Å². The lowest BCUT2D eigenvalue weighted by Crippen LogP contribution is -2.16. The minimum atomic E-state index is -0.465. The van der Waals surface area contributed by atoms with Crippen molar-refractivity contribution in [2.45, 2.75) is 25.2 Å². The Labute approximate surface area is 120 Å². The van der Waals surface area contributed by atoms with Crippen LogP contribution in [0.4, 0.5) is 0 Å². The van der Waals surface area contributed by atoms with Gasteiger partial charge in [-0.1, -0.05) is 11.2 Å². The Morgan fingerprint density at radius 2 is 2.05 bits per heavy atom. The van der Waals surface area contributed by atoms with Gasteiger partial charge in [-0.05, 0) is 24.1 Å². The first-order valence-corrected chi connectivity index (χ1v) is 6.83. The van der Waals surface area contributed by atoms with Gasteiger partial charge in [0.1, 0.15) is 5.76 Å². The van der Waals surface area contributed by atoms with Crippen LogP contribution >= 0.6 is 0 Å². The van der Waals surface area contributed by atoms with Crippen molar-refractivity contribution in [2.75, 3.05) is 6.79 Å². The second kappa shape index (κ2) is 4.51. The Hall–Kier alpha value is -2.50. The zero-order valence-electron chi connectivity index (χ0n) is 11.2. The van der Waals surface area contributed by atoms with E-state index >= 15 is 0 Å². The average Bonchev–Trinajstić information content (AvgIpc) is 3.10. The zero-order valence-corrected chi connectivity index (χ0v) is 11.2. The molecule has 0 radical (unpaired) electrons. The molecule has 0 spiro atoms. The van der Waals surface area contributed by atoms with E-state index in [2.05, 4.69) is 5.16 Å². The Balaban J connectivity index is 1.81. The first-order chi connectivity index (χ1) is 10.3. The largest absolute Gasteiger partial charge is 0.454 e. The highest BCUT2D eigenvalue weighted by atomic mass is 16.7. The fraction of sp³-hybridized carbons (Fsp3) is 0.333. The van der Waals surface area contributed by atoms with Gasteiger partial charge < -0.3 is 19.4 Å². The van der Waals surface area contributed by atoms with Gasteiger partial charge in [0, 0.05) is 12.8 Å². The smallest absolute Gasteiger partial charge is 0.242 e. The first kappa shape index (κ1) is 12.3. The van der Waals surface area contributed by atoms with Crippen LogP contribution in [0.1, 0.15) is 30.7 Å². The third-order valence-corrected chi connectivity index (χ3v) is 4.00. The van der Waals surface area contributed by atoms with Gasteiger partial charge in [0.2, 0.25) is 12.7 Å². The van der Waals surface area contributed by atoms with Gasteiger partial charge in [0.05, 0.1) is 11.5 Å². The maximum absolute atomic E-state index is 12.2. The van der Waals surface area contributed by atoms with Crippen molar-refractivity contribution in [2.24, 2.45) is 5.16 Å². The fourth-order valence-electron chi connectivity index (χ4n) is 3.05. The molecule has 6 nitrogen and oxygen atoms in total. The number of allylic oxidation sites excluding steroid dienone is 1. The minimum absolute atomic E-state index is 0.0533. The van der Waals surface area contributed by atoms with Crippen molar-refractivity contribution in [1.82, 2.24) is 0 Å². The lowest BCUT2D eigenvalue weighted by atomic mass is 9.84. The van der Waals surface area contributed by atoms with E-state index in [0.29, 0.717) is 35.7 Å². The van der Waals surface area contributed by atoms with Gasteiger partial charge in [-0.3, -0.25) is 4.79 Å². The highest BCUT2D eigenvalue weighted by Gasteiger charge is 2.41. The van der Waals surface area contributed by atoms with Gasteiger partial charge in [-0.2, -0.15) is 0 Å². The van der Waals surface area contributed by atoms with E-state index in [1.165, 1.54) is 0 Å². The molecule has 108 valence electrons. The van der Waals surface area contributed by atoms with Gasteiger partial charge in [0.25, 0.3) is 0 Å². The van der Waals surface area contributed by atoms with Gasteiger partial charge in [-0.25, -0.2) is 0 Å². The number of Topliss-reactive ketones (excluding diaryl/α,β-unsaturated/α-hetero) is 1. The highest BCUT2D eigenvalue weighted by molar-refractivity contribution is 6.07. The SMILES string of the molecule is O=C1CCCC2=C1C(c1ccc3c(c1)OCO3)/C(=N\O)O2. The summed E-state index contributed by atoms with van der Waals surface area (Å²) in [7, 11) is 0. The molecule has 6 heteroatoms. The molecule has 0 bridgehead atoms. The summed E-state index contributed by atoms with van der Waals surface area (Å²) in [6.07, 6.45) is 1.97. The molecule has 3 aliphatic rings. The predicted molar refractivity (Wildman–Crippen MR) is 71.5 cm³/mol. The third-order valence-electron chi connectivity index (χ3n) is 4.00. The molecule has 1 aromatic rings. The van der Waals surface area contributed by atoms with Crippen LogP contribution in [0.2, 0.25) is 0 Å². The van der Waals surface area contributed by atoms with E-state index in [1.807, 2.05) is 6.07 Å². The van der Waals surface area contributed by atoms with Crippen LogP contribution < -0.4 is 9.47 Å². The predicted octanol–water partition coefficient (Wildman–Crippen LogP) is 2.32. The van der Waals surface area contributed by atoms with Crippen LogP contribution in [0.25, 0.3) is 0 Å². The van der Waals surface area contributed by atoms with E-state index in [9.17, 15) is 10.0 Å². The minimum Gasteiger partial charge on any atom is -0.454 e. The summed E-state index contributed by atoms with van der Waals surface area (Å²) in [6, 6.07) is 5.43. The zero-order chi connectivity index (χ0) is 14.4. The Morgan fingerprint density at radius 1 is 1.19 bits per heavy atom. The quantitative estimate of drug-likeness (QED) is 0.633. The molecule has 0 saturated carbocycles. The molecule has 1 N–H and O–H groups in total. The number of carbonyl (C=O) groups is 1. The van der Waals surface area contributed by atoms with E-state index < -0.39 is 5.92 Å². The van der Waals surface area contributed by atoms with E-state index in [1.54, 1.807) is 12.1 Å². The molecule has 1 unspecified atom stereocenters. The lowest BCUT2D eigenvalue weighted by molar-refractivity contribution is -0.116. The van der Waals surface area contributed by atoms with Crippen molar-refractivity contribution >= 4 is 11.7 Å². The summed E-state index contributed by atoms with van der Waals surface area (Å²) in [5.74, 6) is 1.66. The number of rotatable bonds is 1. The summed E-state index contributed by atoms with van der Waals surface area (Å²) in [6.45, 7) is 0.188. The van der Waals surface area contributed by atoms with Crippen LogP contribution in [0.15, 0.2) is 34.7 Å². The number of oxime groups is 1. The maximum atomic E-state index is 12.2. The number of benzene rings is 1. The number of ether oxygens (including phenoxy) is 3. The molecule has 2 heterocycles. The molecular formula is C15H13NO5. The topological polar surface area (TPSA) is 77.4 Å². The van der Waals surface area contributed by atoms with Gasteiger partial charge in [-0.15, -0.1) is 0 Å². The van der Waals surface area contributed by atoms with Crippen LogP contribution in [0.5, 0.6) is 11.5 Å². The maximum Gasteiger partial charge on any atom is 0.242 e. The molecule has 0 amide bonds. The monoisotopic (exact) mass is 287 g/mol. The number of ketones is 1. The molecule has 1 atom stereocenters. The van der Waals surface area contributed by atoms with Crippen molar-refractivity contribution in [3.05, 3.63) is 35.1 Å². The molecule has 2 aliphatic heterocycles. The highest BCUT2D eigenvalue weighted by Crippen LogP contribution is 2.44. The summed E-state index contributed by atoms with van der Waals surface area (Å²) in [5.41, 5.74) is 1.40. The third kappa shape index (κ3) is 1.79. The van der Waals surface area contributed by atoms with Crippen molar-refractivity contribution in [1.29, 1.82) is 0 Å². The van der Waals surface area contributed by atoms with Crippen molar-refractivity contribution in [3.8, 4) is 11.5 Å². The van der Waals surface area contributed by atoms with Gasteiger partial charge in [0.15, 0.2) is 17.3 Å². The number of carbonyl (C=O) groups excluding carboxylic acids is 1. The average molecular weight is 287 g/mol. The number of fused-ring (bicyclic) bond motifs is 1. The molecular weight excluding hydrogens is 274 g/mol. The van der Waals surface area contributed by atoms with Crippen LogP contribution in [-0.4, -0.2) is 23.7 Å².